The Bertz CT molecular complexity index is 1490. The SMILES string of the molecule is CNCc1nc(OC)c2[nH]c(=O)n(-c3cc(OCc4c(OC)ccc(F)c4F)c(OC)cc3Cl)c2n1. The van der Waals surface area contributed by atoms with E-state index in [1.807, 2.05) is 0 Å². The molecule has 0 amide bonds. The van der Waals surface area contributed by atoms with Crippen molar-refractivity contribution in [2.45, 2.75) is 13.2 Å². The second kappa shape index (κ2) is 10.4. The summed E-state index contributed by atoms with van der Waals surface area (Å²) in [7, 11) is 5.87. The van der Waals surface area contributed by atoms with Gasteiger partial charge in [0, 0.05) is 12.1 Å². The summed E-state index contributed by atoms with van der Waals surface area (Å²) in [6.07, 6.45) is 0. The van der Waals surface area contributed by atoms with E-state index < -0.39 is 23.9 Å². The summed E-state index contributed by atoms with van der Waals surface area (Å²) in [5, 5.41) is 3.09. The lowest BCUT2D eigenvalue weighted by atomic mass is 10.2. The molecule has 10 nitrogen and oxygen atoms in total. The Morgan fingerprint density at radius 1 is 1.06 bits per heavy atom. The van der Waals surface area contributed by atoms with Crippen LogP contribution in [-0.4, -0.2) is 47.9 Å². The van der Waals surface area contributed by atoms with Gasteiger partial charge in [-0.2, -0.15) is 4.98 Å². The standard InChI is InChI=1S/C23H22ClF2N5O5/c1-27-9-18-28-21-20(22(29-18)35-4)30-23(32)31(21)14-8-17(16(34-3)7-12(14)24)36-10-11-15(33-2)6-5-13(25)19(11)26/h5-8,27H,9-10H2,1-4H3,(H,30,32). The van der Waals surface area contributed by atoms with Crippen LogP contribution in [0.5, 0.6) is 23.1 Å². The number of ether oxygens (including phenoxy) is 4. The van der Waals surface area contributed by atoms with Gasteiger partial charge in [0.15, 0.2) is 28.8 Å². The molecule has 0 radical (unpaired) electrons. The third-order valence-corrected chi connectivity index (χ3v) is 5.60. The minimum Gasteiger partial charge on any atom is -0.496 e. The lowest BCUT2D eigenvalue weighted by Crippen LogP contribution is -2.16. The van der Waals surface area contributed by atoms with Crippen LogP contribution in [0.15, 0.2) is 29.1 Å². The van der Waals surface area contributed by atoms with Crippen LogP contribution in [0.1, 0.15) is 11.4 Å². The number of rotatable bonds is 9. The predicted molar refractivity (Wildman–Crippen MR) is 128 cm³/mol. The number of benzene rings is 2. The van der Waals surface area contributed by atoms with Gasteiger partial charge in [0.25, 0.3) is 0 Å². The molecule has 4 rings (SSSR count). The van der Waals surface area contributed by atoms with Crippen LogP contribution < -0.4 is 30.0 Å². The number of aromatic amines is 1. The first kappa shape index (κ1) is 25.2. The summed E-state index contributed by atoms with van der Waals surface area (Å²) >= 11 is 6.50. The number of aromatic nitrogens is 4. The number of nitrogens with zero attached hydrogens (tertiary/aromatic N) is 3. The number of halogens is 3. The van der Waals surface area contributed by atoms with E-state index in [4.69, 9.17) is 30.5 Å². The van der Waals surface area contributed by atoms with E-state index in [2.05, 4.69) is 20.3 Å². The Labute approximate surface area is 208 Å². The van der Waals surface area contributed by atoms with Crippen molar-refractivity contribution < 1.29 is 27.7 Å². The predicted octanol–water partition coefficient (Wildman–Crippen LogP) is 3.36. The minimum atomic E-state index is -1.10. The Balaban J connectivity index is 1.84. The minimum absolute atomic E-state index is 0.107. The zero-order valence-electron chi connectivity index (χ0n) is 19.7. The van der Waals surface area contributed by atoms with Gasteiger partial charge in [-0.25, -0.2) is 23.1 Å². The molecule has 4 aromatic rings. The van der Waals surface area contributed by atoms with Gasteiger partial charge in [-0.1, -0.05) is 11.6 Å². The summed E-state index contributed by atoms with van der Waals surface area (Å²) in [5.74, 6) is -1.17. The first-order valence-corrected chi connectivity index (χ1v) is 10.9. The fraction of sp³-hybridized carbons (Fsp3) is 0.261. The molecule has 0 aliphatic heterocycles. The molecule has 0 aliphatic rings. The zero-order chi connectivity index (χ0) is 26.0. The van der Waals surface area contributed by atoms with Crippen molar-refractivity contribution in [2.24, 2.45) is 0 Å². The third kappa shape index (κ3) is 4.52. The van der Waals surface area contributed by atoms with Gasteiger partial charge in [-0.05, 0) is 19.2 Å². The van der Waals surface area contributed by atoms with E-state index in [0.29, 0.717) is 12.4 Å². The fourth-order valence-electron chi connectivity index (χ4n) is 3.63. The van der Waals surface area contributed by atoms with E-state index in [1.165, 1.54) is 44.1 Å². The molecule has 0 spiro atoms. The summed E-state index contributed by atoms with van der Waals surface area (Å²) in [4.78, 5) is 24.4. The number of fused-ring (bicyclic) bond motifs is 1. The molecule has 0 aliphatic carbocycles. The number of hydrogen-bond acceptors (Lipinski definition) is 8. The summed E-state index contributed by atoms with van der Waals surface area (Å²) in [6, 6.07) is 5.12. The van der Waals surface area contributed by atoms with Gasteiger partial charge >= 0.3 is 5.69 Å². The highest BCUT2D eigenvalue weighted by molar-refractivity contribution is 6.32. The van der Waals surface area contributed by atoms with Crippen LogP contribution in [0.4, 0.5) is 8.78 Å². The smallest absolute Gasteiger partial charge is 0.332 e. The molecule has 2 aromatic heterocycles. The average molecular weight is 522 g/mol. The zero-order valence-corrected chi connectivity index (χ0v) is 20.5. The van der Waals surface area contributed by atoms with E-state index >= 15 is 0 Å². The number of hydrogen-bond donors (Lipinski definition) is 2. The van der Waals surface area contributed by atoms with Crippen molar-refractivity contribution >= 4 is 22.8 Å². The topological polar surface area (TPSA) is 113 Å². The van der Waals surface area contributed by atoms with Crippen LogP contribution in [0.3, 0.4) is 0 Å². The van der Waals surface area contributed by atoms with E-state index in [9.17, 15) is 13.6 Å². The summed E-state index contributed by atoms with van der Waals surface area (Å²) in [6.45, 7) is -0.0767. The highest BCUT2D eigenvalue weighted by Gasteiger charge is 2.22. The second-order valence-electron chi connectivity index (χ2n) is 7.43. The van der Waals surface area contributed by atoms with Crippen LogP contribution in [0.2, 0.25) is 5.02 Å². The number of imidazole rings is 1. The van der Waals surface area contributed by atoms with Crippen molar-refractivity contribution in [3.05, 3.63) is 62.8 Å². The highest BCUT2D eigenvalue weighted by atomic mass is 35.5. The largest absolute Gasteiger partial charge is 0.496 e. The van der Waals surface area contributed by atoms with Crippen molar-refractivity contribution in [1.82, 2.24) is 24.8 Å². The lowest BCUT2D eigenvalue weighted by Gasteiger charge is -2.16. The Morgan fingerprint density at radius 3 is 2.47 bits per heavy atom. The number of methoxy groups -OCH3 is 3. The van der Waals surface area contributed by atoms with Gasteiger partial charge in [0.05, 0.1) is 44.1 Å². The highest BCUT2D eigenvalue weighted by Crippen LogP contribution is 2.37. The van der Waals surface area contributed by atoms with Gasteiger partial charge < -0.3 is 24.3 Å². The van der Waals surface area contributed by atoms with Crippen molar-refractivity contribution in [1.29, 1.82) is 0 Å². The molecule has 13 heteroatoms. The summed E-state index contributed by atoms with van der Waals surface area (Å²) < 4.78 is 51.1. The second-order valence-corrected chi connectivity index (χ2v) is 7.84. The molecule has 0 atom stereocenters. The lowest BCUT2D eigenvalue weighted by molar-refractivity contribution is 0.270. The number of nitrogens with one attached hydrogen (secondary N) is 2. The molecule has 2 N–H and O–H groups in total. The maximum atomic E-state index is 14.4. The monoisotopic (exact) mass is 521 g/mol. The van der Waals surface area contributed by atoms with Crippen LogP contribution in [0, 0.1) is 11.6 Å². The first-order chi connectivity index (χ1) is 17.3. The molecule has 2 heterocycles. The quantitative estimate of drug-likeness (QED) is 0.345. The molecule has 0 saturated carbocycles. The average Bonchev–Trinajstić information content (AvgIpc) is 3.20. The number of H-pyrrole nitrogens is 1. The van der Waals surface area contributed by atoms with Crippen molar-refractivity contribution in [2.75, 3.05) is 28.4 Å². The third-order valence-electron chi connectivity index (χ3n) is 5.30. The molecule has 190 valence electrons. The van der Waals surface area contributed by atoms with Crippen molar-refractivity contribution in [3.8, 4) is 28.8 Å². The molecule has 36 heavy (non-hydrogen) atoms. The van der Waals surface area contributed by atoms with E-state index in [0.717, 1.165) is 6.07 Å². The maximum absolute atomic E-state index is 14.4. The van der Waals surface area contributed by atoms with Gasteiger partial charge in [-0.15, -0.1) is 0 Å². The first-order valence-electron chi connectivity index (χ1n) is 10.5. The van der Waals surface area contributed by atoms with E-state index in [-0.39, 0.29) is 50.6 Å². The normalized spacial score (nSPS) is 11.1. The Hall–Kier alpha value is -3.90. The molecule has 0 unspecified atom stereocenters. The molecular weight excluding hydrogens is 500 g/mol. The van der Waals surface area contributed by atoms with E-state index in [1.54, 1.807) is 7.05 Å². The maximum Gasteiger partial charge on any atom is 0.332 e. The molecule has 0 bridgehead atoms. The molecular formula is C23H22ClF2N5O5. The van der Waals surface area contributed by atoms with Crippen LogP contribution >= 0.6 is 11.6 Å². The Kier molecular flexibility index (Phi) is 7.27. The molecule has 2 aromatic carbocycles. The van der Waals surface area contributed by atoms with Crippen molar-refractivity contribution in [3.63, 3.8) is 0 Å². The van der Waals surface area contributed by atoms with Gasteiger partial charge in [-0.3, -0.25) is 4.98 Å². The summed E-state index contributed by atoms with van der Waals surface area (Å²) in [5.41, 5.74) is -0.00707. The van der Waals surface area contributed by atoms with Crippen LogP contribution in [0.25, 0.3) is 16.9 Å². The fourth-order valence-corrected chi connectivity index (χ4v) is 3.87. The molecule has 0 fully saturated rings. The molecule has 0 saturated heterocycles. The van der Waals surface area contributed by atoms with Gasteiger partial charge in [0.2, 0.25) is 5.88 Å². The van der Waals surface area contributed by atoms with Crippen LogP contribution in [-0.2, 0) is 13.2 Å². The Morgan fingerprint density at radius 2 is 1.81 bits per heavy atom. The van der Waals surface area contributed by atoms with Gasteiger partial charge in [0.1, 0.15) is 23.7 Å².